The number of nitrogens with zero attached hydrogens (tertiary/aromatic N) is 1. The molecular formula is C19H20N2O. The van der Waals surface area contributed by atoms with Crippen LogP contribution in [0.15, 0.2) is 47.2 Å². The first-order valence-corrected chi connectivity index (χ1v) is 8.25. The third kappa shape index (κ3) is 1.25. The average molecular weight is 292 g/mol. The molecule has 0 radical (unpaired) electrons. The van der Waals surface area contributed by atoms with E-state index < -0.39 is 0 Å². The number of benzene rings is 1. The van der Waals surface area contributed by atoms with Gasteiger partial charge in [0.2, 0.25) is 0 Å². The highest BCUT2D eigenvalue weighted by Crippen LogP contribution is 2.60. The lowest BCUT2D eigenvalue weighted by atomic mass is 9.62. The summed E-state index contributed by atoms with van der Waals surface area (Å²) in [5, 5.41) is 3.62. The molecule has 3 nitrogen and oxygen atoms in total. The topological polar surface area (TPSA) is 32.3 Å². The van der Waals surface area contributed by atoms with Gasteiger partial charge in [-0.15, -0.1) is 0 Å². The third-order valence-corrected chi connectivity index (χ3v) is 6.37. The highest BCUT2D eigenvalue weighted by molar-refractivity contribution is 5.84. The number of rotatable bonds is 1. The van der Waals surface area contributed by atoms with Crippen molar-refractivity contribution in [2.45, 2.75) is 31.2 Å². The second kappa shape index (κ2) is 4.11. The van der Waals surface area contributed by atoms with E-state index in [4.69, 9.17) is 0 Å². The standard InChI is InChI=1S/C19H20N2O/c1-2-12-10-21-8-7-19-15-5-3-4-6-16(15)20-18(19)14(11-22)13(12)9-17(19)21/h2-6,11,13,17,20H,7-10H2,1H3/b12-2-/t13-,17+,19-/m0/s1. The maximum atomic E-state index is 11.9. The van der Waals surface area contributed by atoms with E-state index in [-0.39, 0.29) is 5.41 Å². The summed E-state index contributed by atoms with van der Waals surface area (Å²) in [6.07, 6.45) is 5.55. The smallest absolute Gasteiger partial charge is 0.148 e. The van der Waals surface area contributed by atoms with Crippen molar-refractivity contribution in [3.05, 3.63) is 52.7 Å². The Morgan fingerprint density at radius 3 is 3.05 bits per heavy atom. The van der Waals surface area contributed by atoms with E-state index in [1.165, 1.54) is 22.5 Å². The monoisotopic (exact) mass is 292 g/mol. The Balaban J connectivity index is 1.83. The van der Waals surface area contributed by atoms with Gasteiger partial charge in [0, 0.05) is 42.0 Å². The number of carbonyl (C=O) groups excluding carboxylic acids is 1. The molecule has 3 aliphatic heterocycles. The zero-order chi connectivity index (χ0) is 14.9. The van der Waals surface area contributed by atoms with E-state index >= 15 is 0 Å². The van der Waals surface area contributed by atoms with Gasteiger partial charge in [-0.2, -0.15) is 0 Å². The summed E-state index contributed by atoms with van der Waals surface area (Å²) in [6.45, 7) is 4.26. The molecule has 4 aliphatic rings. The molecule has 3 heteroatoms. The summed E-state index contributed by atoms with van der Waals surface area (Å²) in [5.41, 5.74) is 6.25. The van der Waals surface area contributed by atoms with Crippen LogP contribution in [-0.2, 0) is 10.2 Å². The molecule has 1 aliphatic carbocycles. The molecular weight excluding hydrogens is 272 g/mol. The Hall–Kier alpha value is -1.87. The van der Waals surface area contributed by atoms with Crippen molar-refractivity contribution in [2.24, 2.45) is 5.92 Å². The normalized spacial score (nSPS) is 37.0. The van der Waals surface area contributed by atoms with Gasteiger partial charge in [0.1, 0.15) is 6.29 Å². The molecule has 22 heavy (non-hydrogen) atoms. The molecule has 1 aromatic carbocycles. The first kappa shape index (κ1) is 12.7. The lowest BCUT2D eigenvalue weighted by molar-refractivity contribution is -0.105. The number of nitrogens with one attached hydrogen (secondary N) is 1. The van der Waals surface area contributed by atoms with Crippen molar-refractivity contribution in [2.75, 3.05) is 18.4 Å². The number of anilines is 1. The van der Waals surface area contributed by atoms with Crippen molar-refractivity contribution in [1.82, 2.24) is 4.90 Å². The highest BCUT2D eigenvalue weighted by atomic mass is 16.1. The van der Waals surface area contributed by atoms with E-state index in [0.29, 0.717) is 12.0 Å². The molecule has 2 bridgehead atoms. The van der Waals surface area contributed by atoms with Gasteiger partial charge in [-0.25, -0.2) is 0 Å². The molecule has 2 saturated heterocycles. The fraction of sp³-hybridized carbons (Fsp3) is 0.421. The summed E-state index contributed by atoms with van der Waals surface area (Å²) < 4.78 is 0. The molecule has 5 rings (SSSR count). The van der Waals surface area contributed by atoms with E-state index in [1.54, 1.807) is 0 Å². The van der Waals surface area contributed by atoms with Gasteiger partial charge < -0.3 is 5.32 Å². The number of para-hydroxylation sites is 1. The number of fused-ring (bicyclic) bond motifs is 2. The average Bonchev–Trinajstić information content (AvgIpc) is 3.11. The molecule has 0 unspecified atom stereocenters. The number of carbonyl (C=O) groups is 1. The first-order valence-electron chi connectivity index (χ1n) is 8.25. The molecule has 1 aromatic rings. The van der Waals surface area contributed by atoms with Crippen molar-refractivity contribution in [3.63, 3.8) is 0 Å². The van der Waals surface area contributed by atoms with Gasteiger partial charge in [0.25, 0.3) is 0 Å². The molecule has 2 fully saturated rings. The number of allylic oxidation sites excluding steroid dienone is 2. The minimum atomic E-state index is 0.0304. The minimum absolute atomic E-state index is 0.0304. The molecule has 1 N–H and O–H groups in total. The molecule has 1 spiro atoms. The van der Waals surface area contributed by atoms with Gasteiger partial charge >= 0.3 is 0 Å². The molecule has 112 valence electrons. The van der Waals surface area contributed by atoms with Crippen molar-refractivity contribution < 1.29 is 4.79 Å². The molecule has 0 aromatic heterocycles. The summed E-state index contributed by atoms with van der Waals surface area (Å²) >= 11 is 0. The number of aldehydes is 1. The van der Waals surface area contributed by atoms with E-state index in [0.717, 1.165) is 37.8 Å². The minimum Gasteiger partial charge on any atom is -0.358 e. The van der Waals surface area contributed by atoms with E-state index in [2.05, 4.69) is 47.5 Å². The zero-order valence-corrected chi connectivity index (χ0v) is 12.8. The fourth-order valence-electron chi connectivity index (χ4n) is 5.44. The number of hydrogen-bond acceptors (Lipinski definition) is 3. The molecule has 3 heterocycles. The predicted octanol–water partition coefficient (Wildman–Crippen LogP) is 2.86. The second-order valence-corrected chi connectivity index (χ2v) is 6.98. The quantitative estimate of drug-likeness (QED) is 0.638. The van der Waals surface area contributed by atoms with Crippen LogP contribution in [0.3, 0.4) is 0 Å². The van der Waals surface area contributed by atoms with Crippen LogP contribution in [0.5, 0.6) is 0 Å². The Morgan fingerprint density at radius 2 is 2.23 bits per heavy atom. The molecule has 3 atom stereocenters. The van der Waals surface area contributed by atoms with Gasteiger partial charge in [-0.3, -0.25) is 9.69 Å². The van der Waals surface area contributed by atoms with Crippen LogP contribution in [0.2, 0.25) is 0 Å². The van der Waals surface area contributed by atoms with Crippen molar-refractivity contribution in [3.8, 4) is 0 Å². The van der Waals surface area contributed by atoms with Crippen LogP contribution in [0.4, 0.5) is 5.69 Å². The summed E-state index contributed by atoms with van der Waals surface area (Å²) in [4.78, 5) is 14.6. The van der Waals surface area contributed by atoms with Gasteiger partial charge in [0.15, 0.2) is 0 Å². The van der Waals surface area contributed by atoms with Crippen LogP contribution >= 0.6 is 0 Å². The Bertz CT molecular complexity index is 748. The van der Waals surface area contributed by atoms with Crippen LogP contribution in [-0.4, -0.2) is 30.3 Å². The van der Waals surface area contributed by atoms with Gasteiger partial charge in [-0.1, -0.05) is 29.8 Å². The van der Waals surface area contributed by atoms with Crippen LogP contribution in [0.25, 0.3) is 0 Å². The number of hydrogen-bond donors (Lipinski definition) is 1. The van der Waals surface area contributed by atoms with Crippen molar-refractivity contribution in [1.29, 1.82) is 0 Å². The van der Waals surface area contributed by atoms with Crippen molar-refractivity contribution >= 4 is 12.0 Å². The summed E-state index contributed by atoms with van der Waals surface area (Å²) in [6, 6.07) is 9.16. The zero-order valence-electron chi connectivity index (χ0n) is 12.8. The summed E-state index contributed by atoms with van der Waals surface area (Å²) in [7, 11) is 0. The Labute approximate surface area is 130 Å². The molecule has 0 amide bonds. The maximum absolute atomic E-state index is 11.9. The maximum Gasteiger partial charge on any atom is 0.148 e. The molecule has 0 saturated carbocycles. The van der Waals surface area contributed by atoms with Crippen LogP contribution in [0, 0.1) is 5.92 Å². The second-order valence-electron chi connectivity index (χ2n) is 6.98. The van der Waals surface area contributed by atoms with Gasteiger partial charge in [-0.05, 0) is 31.4 Å². The van der Waals surface area contributed by atoms with Crippen LogP contribution in [0.1, 0.15) is 25.3 Å². The Morgan fingerprint density at radius 1 is 1.36 bits per heavy atom. The fourth-order valence-corrected chi connectivity index (χ4v) is 5.44. The lowest BCUT2D eigenvalue weighted by Crippen LogP contribution is -2.52. The lowest BCUT2D eigenvalue weighted by Gasteiger charge is -2.48. The first-order chi connectivity index (χ1) is 10.8. The predicted molar refractivity (Wildman–Crippen MR) is 86.7 cm³/mol. The summed E-state index contributed by atoms with van der Waals surface area (Å²) in [5.74, 6) is 0.312. The van der Waals surface area contributed by atoms with Gasteiger partial charge in [0.05, 0.1) is 5.41 Å². The Kier molecular flexibility index (Phi) is 2.36. The van der Waals surface area contributed by atoms with E-state index in [9.17, 15) is 4.79 Å². The highest BCUT2D eigenvalue weighted by Gasteiger charge is 2.60. The number of piperidine rings is 1. The largest absolute Gasteiger partial charge is 0.358 e. The van der Waals surface area contributed by atoms with Crippen LogP contribution < -0.4 is 5.32 Å². The van der Waals surface area contributed by atoms with E-state index in [1.807, 2.05) is 0 Å². The SMILES string of the molecule is C/C=C1/CN2CC[C@@]34C(=C(C=O)[C@H]1C[C@@H]23)Nc1ccccc14. The third-order valence-electron chi connectivity index (χ3n) is 6.37.